The molecule has 0 atom stereocenters. The lowest BCUT2D eigenvalue weighted by Crippen LogP contribution is -2.22. The predicted molar refractivity (Wildman–Crippen MR) is 72.4 cm³/mol. The van der Waals surface area contributed by atoms with Gasteiger partial charge in [-0.05, 0) is 37.1 Å². The van der Waals surface area contributed by atoms with Gasteiger partial charge in [-0.1, -0.05) is 19.9 Å². The van der Waals surface area contributed by atoms with Gasteiger partial charge in [-0.3, -0.25) is 0 Å². The molecule has 1 aromatic carbocycles. The minimum Gasteiger partial charge on any atom is -0.383 e. The molecule has 2 heteroatoms. The van der Waals surface area contributed by atoms with Crippen LogP contribution in [0.5, 0.6) is 0 Å². The Kier molecular flexibility index (Phi) is 7.65. The van der Waals surface area contributed by atoms with Crippen molar-refractivity contribution in [3.05, 3.63) is 29.3 Å². The Morgan fingerprint density at radius 1 is 1.12 bits per heavy atom. The molecular formula is C14H25NO. The van der Waals surface area contributed by atoms with Crippen LogP contribution in [0.3, 0.4) is 0 Å². The molecule has 0 bridgehead atoms. The van der Waals surface area contributed by atoms with Gasteiger partial charge in [0.2, 0.25) is 0 Å². The van der Waals surface area contributed by atoms with E-state index in [9.17, 15) is 0 Å². The lowest BCUT2D eigenvalue weighted by molar-refractivity contribution is 0.206. The summed E-state index contributed by atoms with van der Waals surface area (Å²) in [6.45, 7) is 9.97. The van der Waals surface area contributed by atoms with E-state index < -0.39 is 0 Å². The first kappa shape index (κ1) is 15.0. The molecule has 1 aromatic rings. The van der Waals surface area contributed by atoms with Gasteiger partial charge in [0, 0.05) is 26.4 Å². The van der Waals surface area contributed by atoms with Gasteiger partial charge in [-0.25, -0.2) is 0 Å². The van der Waals surface area contributed by atoms with Crippen LogP contribution in [0.4, 0.5) is 5.69 Å². The minimum atomic E-state index is 0.767. The highest BCUT2D eigenvalue weighted by atomic mass is 16.5. The van der Waals surface area contributed by atoms with E-state index in [4.69, 9.17) is 4.74 Å². The first-order chi connectivity index (χ1) is 7.65. The van der Waals surface area contributed by atoms with Crippen LogP contribution in [-0.2, 0) is 4.74 Å². The highest BCUT2D eigenvalue weighted by Gasteiger charge is 2.01. The van der Waals surface area contributed by atoms with Crippen LogP contribution < -0.4 is 4.90 Å². The molecule has 0 unspecified atom stereocenters. The summed E-state index contributed by atoms with van der Waals surface area (Å²) >= 11 is 0. The third-order valence-corrected chi connectivity index (χ3v) is 2.56. The van der Waals surface area contributed by atoms with Gasteiger partial charge in [0.05, 0.1) is 6.61 Å². The molecule has 0 aliphatic rings. The normalized spacial score (nSPS) is 9.38. The Morgan fingerprint density at radius 3 is 2.25 bits per heavy atom. The fourth-order valence-electron chi connectivity index (χ4n) is 1.32. The quantitative estimate of drug-likeness (QED) is 0.775. The van der Waals surface area contributed by atoms with E-state index in [-0.39, 0.29) is 0 Å². The van der Waals surface area contributed by atoms with Gasteiger partial charge in [-0.15, -0.1) is 0 Å². The second-order valence-electron chi connectivity index (χ2n) is 3.68. The number of nitrogens with zero attached hydrogens (tertiary/aromatic N) is 1. The first-order valence-corrected chi connectivity index (χ1v) is 5.92. The number of methoxy groups -OCH3 is 1. The zero-order valence-corrected chi connectivity index (χ0v) is 11.5. The lowest BCUT2D eigenvalue weighted by atomic mass is 10.1. The summed E-state index contributed by atoms with van der Waals surface area (Å²) in [7, 11) is 3.82. The summed E-state index contributed by atoms with van der Waals surface area (Å²) in [4.78, 5) is 2.20. The number of likely N-dealkylation sites (N-methyl/N-ethyl adjacent to an activating group) is 1. The van der Waals surface area contributed by atoms with Gasteiger partial charge in [0.15, 0.2) is 0 Å². The molecule has 0 saturated carbocycles. The van der Waals surface area contributed by atoms with Crippen LogP contribution in [-0.4, -0.2) is 27.3 Å². The molecule has 0 aromatic heterocycles. The van der Waals surface area contributed by atoms with E-state index in [2.05, 4.69) is 44.0 Å². The van der Waals surface area contributed by atoms with Crippen LogP contribution >= 0.6 is 0 Å². The zero-order chi connectivity index (χ0) is 12.6. The van der Waals surface area contributed by atoms with Crippen LogP contribution in [0.25, 0.3) is 0 Å². The summed E-state index contributed by atoms with van der Waals surface area (Å²) in [5, 5.41) is 0. The number of ether oxygens (including phenoxy) is 1. The molecular weight excluding hydrogens is 198 g/mol. The maximum atomic E-state index is 5.05. The summed E-state index contributed by atoms with van der Waals surface area (Å²) < 4.78 is 5.05. The lowest BCUT2D eigenvalue weighted by Gasteiger charge is -2.19. The Morgan fingerprint density at radius 2 is 1.75 bits per heavy atom. The Hall–Kier alpha value is -1.02. The van der Waals surface area contributed by atoms with Crippen molar-refractivity contribution < 1.29 is 4.74 Å². The Labute approximate surface area is 100 Å². The van der Waals surface area contributed by atoms with E-state index in [1.807, 2.05) is 13.8 Å². The average molecular weight is 223 g/mol. The van der Waals surface area contributed by atoms with Crippen molar-refractivity contribution >= 4 is 5.69 Å². The van der Waals surface area contributed by atoms with Crippen molar-refractivity contribution in [1.82, 2.24) is 0 Å². The standard InChI is InChI=1S/C12H19NO.C2H6/c1-10-5-6-12(9-11(10)2)13(3)7-8-14-4;1-2/h5-6,9H,7-8H2,1-4H3;1-2H3. The molecule has 0 aliphatic carbocycles. The molecule has 0 fully saturated rings. The SMILES string of the molecule is CC.COCCN(C)c1ccc(C)c(C)c1. The summed E-state index contributed by atoms with van der Waals surface area (Å²) in [6.07, 6.45) is 0. The van der Waals surface area contributed by atoms with Crippen LogP contribution in [0.15, 0.2) is 18.2 Å². The highest BCUT2D eigenvalue weighted by molar-refractivity contribution is 5.49. The van der Waals surface area contributed by atoms with Crippen LogP contribution in [0.2, 0.25) is 0 Å². The van der Waals surface area contributed by atoms with E-state index in [1.54, 1.807) is 7.11 Å². The minimum absolute atomic E-state index is 0.767. The van der Waals surface area contributed by atoms with Gasteiger partial charge < -0.3 is 9.64 Å². The molecule has 0 amide bonds. The zero-order valence-electron chi connectivity index (χ0n) is 11.5. The van der Waals surface area contributed by atoms with Crippen molar-refractivity contribution in [3.8, 4) is 0 Å². The third-order valence-electron chi connectivity index (χ3n) is 2.56. The smallest absolute Gasteiger partial charge is 0.0637 e. The van der Waals surface area contributed by atoms with E-state index in [0.29, 0.717) is 0 Å². The topological polar surface area (TPSA) is 12.5 Å². The molecule has 92 valence electrons. The molecule has 0 spiro atoms. The molecule has 0 radical (unpaired) electrons. The summed E-state index contributed by atoms with van der Waals surface area (Å²) in [5.74, 6) is 0. The number of benzene rings is 1. The van der Waals surface area contributed by atoms with Crippen LogP contribution in [0, 0.1) is 13.8 Å². The summed E-state index contributed by atoms with van der Waals surface area (Å²) in [5.41, 5.74) is 3.94. The fraction of sp³-hybridized carbons (Fsp3) is 0.571. The molecule has 0 saturated heterocycles. The molecule has 2 nitrogen and oxygen atoms in total. The molecule has 0 heterocycles. The number of aryl methyl sites for hydroxylation is 2. The van der Waals surface area contributed by atoms with Crippen molar-refractivity contribution in [2.24, 2.45) is 0 Å². The fourth-order valence-corrected chi connectivity index (χ4v) is 1.32. The van der Waals surface area contributed by atoms with E-state index >= 15 is 0 Å². The second kappa shape index (κ2) is 8.17. The van der Waals surface area contributed by atoms with E-state index in [1.165, 1.54) is 16.8 Å². The third kappa shape index (κ3) is 4.67. The van der Waals surface area contributed by atoms with Crippen LogP contribution in [0.1, 0.15) is 25.0 Å². The number of anilines is 1. The van der Waals surface area contributed by atoms with Crippen molar-refractivity contribution in [3.63, 3.8) is 0 Å². The monoisotopic (exact) mass is 223 g/mol. The van der Waals surface area contributed by atoms with Gasteiger partial charge in [0.1, 0.15) is 0 Å². The van der Waals surface area contributed by atoms with Crippen molar-refractivity contribution in [2.45, 2.75) is 27.7 Å². The second-order valence-corrected chi connectivity index (χ2v) is 3.68. The molecule has 1 rings (SSSR count). The Balaban J connectivity index is 0.00000106. The maximum Gasteiger partial charge on any atom is 0.0637 e. The van der Waals surface area contributed by atoms with Gasteiger partial charge in [0.25, 0.3) is 0 Å². The molecule has 0 aliphatic heterocycles. The number of rotatable bonds is 4. The average Bonchev–Trinajstić information content (AvgIpc) is 2.32. The van der Waals surface area contributed by atoms with Gasteiger partial charge in [-0.2, -0.15) is 0 Å². The predicted octanol–water partition coefficient (Wildman–Crippen LogP) is 3.41. The summed E-state index contributed by atoms with van der Waals surface area (Å²) in [6, 6.07) is 6.52. The van der Waals surface area contributed by atoms with Crippen molar-refractivity contribution in [2.75, 3.05) is 32.2 Å². The molecule has 16 heavy (non-hydrogen) atoms. The van der Waals surface area contributed by atoms with E-state index in [0.717, 1.165) is 13.2 Å². The highest BCUT2D eigenvalue weighted by Crippen LogP contribution is 2.17. The van der Waals surface area contributed by atoms with Crippen molar-refractivity contribution in [1.29, 1.82) is 0 Å². The first-order valence-electron chi connectivity index (χ1n) is 5.92. The van der Waals surface area contributed by atoms with Gasteiger partial charge >= 0.3 is 0 Å². The molecule has 0 N–H and O–H groups in total. The number of hydrogen-bond donors (Lipinski definition) is 0. The number of hydrogen-bond acceptors (Lipinski definition) is 2. The maximum absolute atomic E-state index is 5.05. The Bertz CT molecular complexity index is 297. The largest absolute Gasteiger partial charge is 0.383 e.